The van der Waals surface area contributed by atoms with Gasteiger partial charge in [0.25, 0.3) is 0 Å². The van der Waals surface area contributed by atoms with Crippen LogP contribution in [0.4, 0.5) is 4.39 Å². The van der Waals surface area contributed by atoms with Crippen LogP contribution in [0.5, 0.6) is 0 Å². The lowest BCUT2D eigenvalue weighted by Crippen LogP contribution is -2.23. The first-order chi connectivity index (χ1) is 13.2. The van der Waals surface area contributed by atoms with Crippen molar-refractivity contribution in [3.8, 4) is 0 Å². The highest BCUT2D eigenvalue weighted by Crippen LogP contribution is 2.44. The topological polar surface area (TPSA) is 34.4 Å². The predicted octanol–water partition coefficient (Wildman–Crippen LogP) is 5.51. The van der Waals surface area contributed by atoms with E-state index in [1.165, 1.54) is 36.1 Å². The highest BCUT2D eigenvalue weighted by Gasteiger charge is 2.34. The van der Waals surface area contributed by atoms with Gasteiger partial charge in [0.1, 0.15) is 5.82 Å². The van der Waals surface area contributed by atoms with Gasteiger partial charge < -0.3 is 4.40 Å². The van der Waals surface area contributed by atoms with E-state index in [0.717, 1.165) is 36.8 Å². The molecule has 0 amide bonds. The molecule has 3 nitrogen and oxygen atoms in total. The van der Waals surface area contributed by atoms with Gasteiger partial charge >= 0.3 is 0 Å². The van der Waals surface area contributed by atoms with Crippen LogP contribution in [-0.4, -0.2) is 15.2 Å². The minimum atomic E-state index is -0.191. The average Bonchev–Trinajstić information content (AvgIpc) is 3.44. The van der Waals surface area contributed by atoms with E-state index in [1.54, 1.807) is 6.33 Å². The van der Waals surface area contributed by atoms with Crippen molar-refractivity contribution >= 4 is 11.3 Å². The second-order valence-electron chi connectivity index (χ2n) is 8.07. The van der Waals surface area contributed by atoms with E-state index >= 15 is 0 Å². The summed E-state index contributed by atoms with van der Waals surface area (Å²) in [6.07, 6.45) is 11.8. The smallest absolute Gasteiger partial charge is 0.168 e. The number of pyridine rings is 1. The molecular formula is C23H23FN2O. The van der Waals surface area contributed by atoms with E-state index in [1.807, 2.05) is 28.9 Å². The number of aromatic nitrogens is 2. The Morgan fingerprint density at radius 2 is 1.67 bits per heavy atom. The first-order valence-electron chi connectivity index (χ1n) is 9.95. The fourth-order valence-electron chi connectivity index (χ4n) is 4.64. The van der Waals surface area contributed by atoms with E-state index in [2.05, 4.69) is 11.1 Å². The maximum absolute atomic E-state index is 13.5. The molecular weight excluding hydrogens is 339 g/mol. The number of Topliss-reactive ketones (excluding diaryl/α,β-unsaturated/α-hetero) is 1. The number of halogens is 1. The molecule has 138 valence electrons. The molecule has 0 spiro atoms. The third kappa shape index (κ3) is 3.07. The van der Waals surface area contributed by atoms with Gasteiger partial charge in [-0.2, -0.15) is 0 Å². The second-order valence-corrected chi connectivity index (χ2v) is 8.07. The molecule has 2 saturated carbocycles. The standard InChI is InChI=1S/C23H23FN2O/c24-19-9-7-16(8-10-19)15-1-5-18(6-2-15)23(27)22-20(17-3-4-17)11-12-26-14-25-13-21(22)26/h7-15,17-18H,1-6H2. The van der Waals surface area contributed by atoms with Gasteiger partial charge in [-0.05, 0) is 79.7 Å². The summed E-state index contributed by atoms with van der Waals surface area (Å²) >= 11 is 0. The van der Waals surface area contributed by atoms with Gasteiger partial charge in [0.2, 0.25) is 0 Å². The number of ketones is 1. The maximum atomic E-state index is 13.5. The molecule has 0 aliphatic heterocycles. The lowest BCUT2D eigenvalue weighted by molar-refractivity contribution is 0.0884. The first-order valence-corrected chi connectivity index (χ1v) is 9.95. The summed E-state index contributed by atoms with van der Waals surface area (Å²) < 4.78 is 15.1. The molecule has 27 heavy (non-hydrogen) atoms. The number of hydrogen-bond donors (Lipinski definition) is 0. The molecule has 2 aliphatic rings. The molecule has 2 heterocycles. The molecule has 0 N–H and O–H groups in total. The highest BCUT2D eigenvalue weighted by molar-refractivity contribution is 6.05. The number of rotatable bonds is 4. The van der Waals surface area contributed by atoms with Crippen LogP contribution >= 0.6 is 0 Å². The third-order valence-corrected chi connectivity index (χ3v) is 6.33. The Labute approximate surface area is 158 Å². The van der Waals surface area contributed by atoms with Gasteiger partial charge in [-0.3, -0.25) is 4.79 Å². The lowest BCUT2D eigenvalue weighted by atomic mass is 9.75. The van der Waals surface area contributed by atoms with Gasteiger partial charge in [0, 0.05) is 17.7 Å². The number of hydrogen-bond acceptors (Lipinski definition) is 2. The van der Waals surface area contributed by atoms with Crippen molar-refractivity contribution in [3.63, 3.8) is 0 Å². The largest absolute Gasteiger partial charge is 0.306 e. The van der Waals surface area contributed by atoms with Crippen LogP contribution in [0.2, 0.25) is 0 Å². The summed E-state index contributed by atoms with van der Waals surface area (Å²) in [4.78, 5) is 17.7. The van der Waals surface area contributed by atoms with Crippen LogP contribution in [0.15, 0.2) is 49.1 Å². The fourth-order valence-corrected chi connectivity index (χ4v) is 4.64. The van der Waals surface area contributed by atoms with E-state index in [4.69, 9.17) is 0 Å². The molecule has 0 bridgehead atoms. The van der Waals surface area contributed by atoms with E-state index in [9.17, 15) is 9.18 Å². The molecule has 2 aromatic heterocycles. The normalized spacial score (nSPS) is 22.9. The Balaban J connectivity index is 1.38. The van der Waals surface area contributed by atoms with Crippen molar-refractivity contribution in [2.75, 3.05) is 0 Å². The first kappa shape index (κ1) is 16.7. The summed E-state index contributed by atoms with van der Waals surface area (Å²) in [6, 6.07) is 8.97. The van der Waals surface area contributed by atoms with E-state index in [-0.39, 0.29) is 11.7 Å². The van der Waals surface area contributed by atoms with Crippen molar-refractivity contribution in [1.29, 1.82) is 0 Å². The van der Waals surface area contributed by atoms with Crippen molar-refractivity contribution in [2.24, 2.45) is 5.92 Å². The molecule has 2 fully saturated rings. The molecule has 1 aromatic carbocycles. The van der Waals surface area contributed by atoms with Crippen molar-refractivity contribution < 1.29 is 9.18 Å². The number of carbonyl (C=O) groups excluding carboxylic acids is 1. The molecule has 2 aliphatic carbocycles. The predicted molar refractivity (Wildman–Crippen MR) is 103 cm³/mol. The Morgan fingerprint density at radius 1 is 0.963 bits per heavy atom. The molecule has 0 radical (unpaired) electrons. The second kappa shape index (κ2) is 6.59. The molecule has 4 heteroatoms. The highest BCUT2D eigenvalue weighted by atomic mass is 19.1. The zero-order valence-electron chi connectivity index (χ0n) is 15.3. The number of imidazole rings is 1. The summed E-state index contributed by atoms with van der Waals surface area (Å²) in [5.74, 6) is 1.16. The summed E-state index contributed by atoms with van der Waals surface area (Å²) in [6.45, 7) is 0. The Kier molecular flexibility index (Phi) is 4.07. The monoisotopic (exact) mass is 362 g/mol. The van der Waals surface area contributed by atoms with Crippen molar-refractivity contribution in [2.45, 2.75) is 50.4 Å². The van der Waals surface area contributed by atoms with Gasteiger partial charge in [-0.15, -0.1) is 0 Å². The maximum Gasteiger partial charge on any atom is 0.168 e. The number of benzene rings is 1. The third-order valence-electron chi connectivity index (χ3n) is 6.33. The van der Waals surface area contributed by atoms with Crippen molar-refractivity contribution in [1.82, 2.24) is 9.38 Å². The quantitative estimate of drug-likeness (QED) is 0.574. The van der Waals surface area contributed by atoms with Gasteiger partial charge in [-0.1, -0.05) is 12.1 Å². The summed E-state index contributed by atoms with van der Waals surface area (Å²) in [5.41, 5.74) is 4.26. The Bertz CT molecular complexity index is 979. The summed E-state index contributed by atoms with van der Waals surface area (Å²) in [7, 11) is 0. The van der Waals surface area contributed by atoms with Crippen molar-refractivity contribution in [3.05, 3.63) is 71.6 Å². The van der Waals surface area contributed by atoms with Crippen LogP contribution in [0.1, 0.15) is 71.8 Å². The van der Waals surface area contributed by atoms with Crippen LogP contribution in [0.25, 0.3) is 5.52 Å². The number of carbonyl (C=O) groups is 1. The molecule has 0 saturated heterocycles. The number of nitrogens with zero attached hydrogens (tertiary/aromatic N) is 2. The van der Waals surface area contributed by atoms with Crippen LogP contribution < -0.4 is 0 Å². The fraction of sp³-hybridized carbons (Fsp3) is 0.391. The van der Waals surface area contributed by atoms with Crippen LogP contribution in [0, 0.1) is 11.7 Å². The zero-order valence-corrected chi connectivity index (χ0v) is 15.3. The average molecular weight is 362 g/mol. The zero-order chi connectivity index (χ0) is 18.4. The van der Waals surface area contributed by atoms with Gasteiger partial charge in [-0.25, -0.2) is 9.37 Å². The van der Waals surface area contributed by atoms with Crippen LogP contribution in [0.3, 0.4) is 0 Å². The molecule has 3 aromatic rings. The molecule has 0 unspecified atom stereocenters. The minimum Gasteiger partial charge on any atom is -0.306 e. The Morgan fingerprint density at radius 3 is 2.37 bits per heavy atom. The SMILES string of the molecule is O=C(c1c(C2CC2)ccn2cncc12)C1CCC(c2ccc(F)cc2)CC1. The van der Waals surface area contributed by atoms with E-state index < -0.39 is 0 Å². The van der Waals surface area contributed by atoms with Crippen LogP contribution in [-0.2, 0) is 0 Å². The minimum absolute atomic E-state index is 0.0836. The molecule has 0 atom stereocenters. The lowest BCUT2D eigenvalue weighted by Gasteiger charge is -2.28. The Hall–Kier alpha value is -2.49. The summed E-state index contributed by atoms with van der Waals surface area (Å²) in [5, 5.41) is 0. The number of fused-ring (bicyclic) bond motifs is 1. The van der Waals surface area contributed by atoms with Gasteiger partial charge in [0.05, 0.1) is 18.0 Å². The molecule has 5 rings (SSSR count). The van der Waals surface area contributed by atoms with Gasteiger partial charge in [0.15, 0.2) is 5.78 Å². The van der Waals surface area contributed by atoms with E-state index in [0.29, 0.717) is 17.6 Å².